The molecule has 0 bridgehead atoms. The third-order valence-corrected chi connectivity index (χ3v) is 2.96. The van der Waals surface area contributed by atoms with Crippen LogP contribution in [0.5, 0.6) is 0 Å². The molecule has 1 atom stereocenters. The predicted molar refractivity (Wildman–Crippen MR) is 86.7 cm³/mol. The van der Waals surface area contributed by atoms with Crippen molar-refractivity contribution in [3.05, 3.63) is 29.8 Å². The Morgan fingerprint density at radius 3 is 2.41 bits per heavy atom. The number of carboxylic acid groups (broad SMARTS) is 1. The molecule has 22 heavy (non-hydrogen) atoms. The topological polar surface area (TPSA) is 95.5 Å². The summed E-state index contributed by atoms with van der Waals surface area (Å²) in [7, 11) is 0. The molecule has 1 aromatic carbocycles. The highest BCUT2D eigenvalue weighted by molar-refractivity contribution is 6.04. The molecule has 0 aliphatic carbocycles. The first-order chi connectivity index (χ1) is 9.95. The molecule has 0 saturated heterocycles. The first kappa shape index (κ1) is 20.1. The van der Waals surface area contributed by atoms with Gasteiger partial charge in [0.15, 0.2) is 5.78 Å². The minimum Gasteiger partial charge on any atom is -0.480 e. The van der Waals surface area contributed by atoms with Crippen LogP contribution in [0.3, 0.4) is 0 Å². The lowest BCUT2D eigenvalue weighted by Gasteiger charge is -2.14. The van der Waals surface area contributed by atoms with Gasteiger partial charge in [-0.15, -0.1) is 12.4 Å². The minimum absolute atomic E-state index is 0. The van der Waals surface area contributed by atoms with E-state index < -0.39 is 12.0 Å². The third-order valence-electron chi connectivity index (χ3n) is 2.96. The molecule has 1 amide bonds. The third kappa shape index (κ3) is 6.24. The Morgan fingerprint density at radius 1 is 1.23 bits per heavy atom. The molecule has 1 rings (SSSR count). The maximum atomic E-state index is 11.8. The fourth-order valence-electron chi connectivity index (χ4n) is 1.91. The van der Waals surface area contributed by atoms with Gasteiger partial charge < -0.3 is 10.4 Å². The summed E-state index contributed by atoms with van der Waals surface area (Å²) in [6.45, 7) is 3.18. The number of rotatable bonds is 8. The molecule has 0 saturated carbocycles. The van der Waals surface area contributed by atoms with Crippen molar-refractivity contribution in [3.63, 3.8) is 0 Å². The van der Waals surface area contributed by atoms with E-state index in [1.807, 2.05) is 6.92 Å². The van der Waals surface area contributed by atoms with Gasteiger partial charge in [0.1, 0.15) is 6.04 Å². The Balaban J connectivity index is 0.00000441. The van der Waals surface area contributed by atoms with Crippen LogP contribution >= 0.6 is 12.4 Å². The largest absolute Gasteiger partial charge is 0.480 e. The Kier molecular flexibility index (Phi) is 9.05. The molecule has 122 valence electrons. The van der Waals surface area contributed by atoms with E-state index in [0.717, 1.165) is 0 Å². The highest BCUT2D eigenvalue weighted by Gasteiger charge is 2.17. The van der Waals surface area contributed by atoms with Gasteiger partial charge in [0.2, 0.25) is 5.91 Å². The highest BCUT2D eigenvalue weighted by Crippen LogP contribution is 2.15. The van der Waals surface area contributed by atoms with Crippen molar-refractivity contribution in [1.82, 2.24) is 5.32 Å². The minimum atomic E-state index is -0.978. The van der Waals surface area contributed by atoms with E-state index >= 15 is 0 Å². The maximum Gasteiger partial charge on any atom is 0.320 e. The SMILES string of the molecule is CCCC(NCC(=O)Nc1ccccc1C(C)=O)C(=O)O.Cl. The van der Waals surface area contributed by atoms with Crippen molar-refractivity contribution in [2.45, 2.75) is 32.7 Å². The van der Waals surface area contributed by atoms with Crippen LogP contribution in [0.1, 0.15) is 37.0 Å². The zero-order chi connectivity index (χ0) is 15.8. The van der Waals surface area contributed by atoms with E-state index in [-0.39, 0.29) is 30.6 Å². The monoisotopic (exact) mass is 328 g/mol. The number of halogens is 1. The van der Waals surface area contributed by atoms with Gasteiger partial charge in [0.05, 0.1) is 12.2 Å². The average Bonchev–Trinajstić information content (AvgIpc) is 2.43. The van der Waals surface area contributed by atoms with Gasteiger partial charge in [-0.1, -0.05) is 25.5 Å². The molecule has 0 aliphatic heterocycles. The van der Waals surface area contributed by atoms with E-state index in [2.05, 4.69) is 10.6 Å². The predicted octanol–water partition coefficient (Wildman–Crippen LogP) is 2.09. The van der Waals surface area contributed by atoms with Crippen molar-refractivity contribution in [2.24, 2.45) is 0 Å². The number of carbonyl (C=O) groups excluding carboxylic acids is 2. The Bertz CT molecular complexity index is 534. The van der Waals surface area contributed by atoms with Gasteiger partial charge in [-0.3, -0.25) is 19.7 Å². The Hall–Kier alpha value is -1.92. The second kappa shape index (κ2) is 9.92. The zero-order valence-corrected chi connectivity index (χ0v) is 13.4. The van der Waals surface area contributed by atoms with E-state index in [4.69, 9.17) is 5.11 Å². The summed E-state index contributed by atoms with van der Waals surface area (Å²) >= 11 is 0. The van der Waals surface area contributed by atoms with Crippen molar-refractivity contribution >= 4 is 35.8 Å². The number of aliphatic carboxylic acids is 1. The van der Waals surface area contributed by atoms with E-state index in [9.17, 15) is 14.4 Å². The molecular weight excluding hydrogens is 308 g/mol. The van der Waals surface area contributed by atoms with Gasteiger partial charge >= 0.3 is 5.97 Å². The maximum absolute atomic E-state index is 11.8. The standard InChI is InChI=1S/C15H20N2O4.ClH/c1-3-6-13(15(20)21)16-9-14(19)17-12-8-5-4-7-11(12)10(2)18;/h4-5,7-8,13,16H,3,6,9H2,1-2H3,(H,17,19)(H,20,21);1H. The number of carbonyl (C=O) groups is 3. The van der Waals surface area contributed by atoms with E-state index in [0.29, 0.717) is 24.1 Å². The molecule has 1 aromatic rings. The summed E-state index contributed by atoms with van der Waals surface area (Å²) < 4.78 is 0. The van der Waals surface area contributed by atoms with Crippen LogP contribution in [0.2, 0.25) is 0 Å². The molecule has 6 nitrogen and oxygen atoms in total. The number of anilines is 1. The Labute approximate surface area is 135 Å². The smallest absolute Gasteiger partial charge is 0.320 e. The summed E-state index contributed by atoms with van der Waals surface area (Å²) in [5.41, 5.74) is 0.855. The number of benzene rings is 1. The fraction of sp³-hybridized carbons (Fsp3) is 0.400. The molecule has 0 radical (unpaired) electrons. The first-order valence-corrected chi connectivity index (χ1v) is 6.81. The molecule has 0 fully saturated rings. The van der Waals surface area contributed by atoms with Gasteiger partial charge in [0.25, 0.3) is 0 Å². The molecule has 1 unspecified atom stereocenters. The average molecular weight is 329 g/mol. The molecule has 3 N–H and O–H groups in total. The number of para-hydroxylation sites is 1. The lowest BCUT2D eigenvalue weighted by molar-refractivity contribution is -0.139. The number of Topliss-reactive ketones (excluding diaryl/α,β-unsaturated/α-hetero) is 1. The van der Waals surface area contributed by atoms with Crippen LogP contribution in [0, 0.1) is 0 Å². The highest BCUT2D eigenvalue weighted by atomic mass is 35.5. The second-order valence-corrected chi connectivity index (χ2v) is 4.71. The van der Waals surface area contributed by atoms with Crippen LogP contribution in [-0.2, 0) is 9.59 Å². The lowest BCUT2D eigenvalue weighted by Crippen LogP contribution is -2.41. The lowest BCUT2D eigenvalue weighted by atomic mass is 10.1. The van der Waals surface area contributed by atoms with Crippen LogP contribution in [0.4, 0.5) is 5.69 Å². The van der Waals surface area contributed by atoms with Crippen molar-refractivity contribution in [1.29, 1.82) is 0 Å². The molecule has 7 heteroatoms. The van der Waals surface area contributed by atoms with Gasteiger partial charge in [-0.05, 0) is 25.5 Å². The van der Waals surface area contributed by atoms with Gasteiger partial charge in [-0.2, -0.15) is 0 Å². The molecule has 0 aromatic heterocycles. The summed E-state index contributed by atoms with van der Waals surface area (Å²) in [5.74, 6) is -1.51. The van der Waals surface area contributed by atoms with Crippen molar-refractivity contribution in [3.8, 4) is 0 Å². The van der Waals surface area contributed by atoms with E-state index in [1.54, 1.807) is 24.3 Å². The van der Waals surface area contributed by atoms with Crippen LogP contribution in [-0.4, -0.2) is 35.4 Å². The Morgan fingerprint density at radius 2 is 1.86 bits per heavy atom. The molecule has 0 heterocycles. The zero-order valence-electron chi connectivity index (χ0n) is 12.6. The molecule has 0 aliphatic rings. The van der Waals surface area contributed by atoms with Crippen LogP contribution in [0.25, 0.3) is 0 Å². The number of carboxylic acids is 1. The number of amides is 1. The number of ketones is 1. The molecule has 0 spiro atoms. The van der Waals surface area contributed by atoms with Crippen molar-refractivity contribution in [2.75, 3.05) is 11.9 Å². The quantitative estimate of drug-likeness (QED) is 0.635. The number of hydrogen-bond donors (Lipinski definition) is 3. The van der Waals surface area contributed by atoms with Crippen LogP contribution in [0.15, 0.2) is 24.3 Å². The summed E-state index contributed by atoms with van der Waals surface area (Å²) in [4.78, 5) is 34.2. The van der Waals surface area contributed by atoms with Gasteiger partial charge in [-0.25, -0.2) is 0 Å². The number of nitrogens with one attached hydrogen (secondary N) is 2. The summed E-state index contributed by atoms with van der Waals surface area (Å²) in [5, 5.41) is 14.3. The molecular formula is C15H21ClN2O4. The summed E-state index contributed by atoms with van der Waals surface area (Å²) in [6.07, 6.45) is 1.16. The fourth-order valence-corrected chi connectivity index (χ4v) is 1.91. The number of hydrogen-bond acceptors (Lipinski definition) is 4. The van der Waals surface area contributed by atoms with Crippen LogP contribution < -0.4 is 10.6 Å². The second-order valence-electron chi connectivity index (χ2n) is 4.71. The van der Waals surface area contributed by atoms with Gasteiger partial charge in [0, 0.05) is 5.56 Å². The summed E-state index contributed by atoms with van der Waals surface area (Å²) in [6, 6.07) is 5.94. The van der Waals surface area contributed by atoms with E-state index in [1.165, 1.54) is 6.92 Å². The first-order valence-electron chi connectivity index (χ1n) is 6.81. The normalized spacial score (nSPS) is 11.2. The van der Waals surface area contributed by atoms with Crippen molar-refractivity contribution < 1.29 is 19.5 Å².